The third-order valence-electron chi connectivity index (χ3n) is 3.43. The highest BCUT2D eigenvalue weighted by Crippen LogP contribution is 2.38. The molecule has 1 N–H and O–H groups in total. The van der Waals surface area contributed by atoms with Crippen LogP contribution in [0.1, 0.15) is 11.1 Å². The molecule has 24 heavy (non-hydrogen) atoms. The van der Waals surface area contributed by atoms with Crippen LogP contribution in [0, 0.1) is 17.5 Å². The minimum absolute atomic E-state index is 0.171. The minimum atomic E-state index is -1.47. The fourth-order valence-corrected chi connectivity index (χ4v) is 2.30. The van der Waals surface area contributed by atoms with Crippen molar-refractivity contribution in [3.63, 3.8) is 0 Å². The van der Waals surface area contributed by atoms with E-state index in [1.165, 1.54) is 21.3 Å². The molecule has 0 spiro atoms. The highest BCUT2D eigenvalue weighted by molar-refractivity contribution is 5.53. The Labute approximate surface area is 138 Å². The van der Waals surface area contributed by atoms with Crippen LogP contribution in [0.3, 0.4) is 0 Å². The zero-order valence-electron chi connectivity index (χ0n) is 13.6. The predicted octanol–water partition coefficient (Wildman–Crippen LogP) is 3.42. The summed E-state index contributed by atoms with van der Waals surface area (Å²) in [6.07, 6.45) is 0. The van der Waals surface area contributed by atoms with E-state index in [0.717, 1.165) is 17.7 Å². The van der Waals surface area contributed by atoms with Gasteiger partial charge in [-0.05, 0) is 35.4 Å². The molecule has 0 aliphatic carbocycles. The molecule has 0 amide bonds. The number of rotatable bonds is 7. The molecule has 130 valence electrons. The molecular weight excluding hydrogens is 323 g/mol. The standard InChI is InChI=1S/C17H18F3NO3/c1-22-14-6-11(7-15(23-2)17(14)24-3)9-21-8-10-4-12(18)16(20)13(19)5-10/h4-7,21H,8-9H2,1-3H3. The summed E-state index contributed by atoms with van der Waals surface area (Å²) in [6, 6.07) is 5.45. The van der Waals surface area contributed by atoms with Crippen molar-refractivity contribution in [3.05, 3.63) is 52.8 Å². The Morgan fingerprint density at radius 3 is 1.62 bits per heavy atom. The molecule has 2 aromatic carbocycles. The molecular formula is C17H18F3NO3. The van der Waals surface area contributed by atoms with Gasteiger partial charge in [0, 0.05) is 13.1 Å². The lowest BCUT2D eigenvalue weighted by atomic mass is 10.1. The summed E-state index contributed by atoms with van der Waals surface area (Å²) in [5.41, 5.74) is 1.13. The smallest absolute Gasteiger partial charge is 0.203 e. The van der Waals surface area contributed by atoms with Gasteiger partial charge in [-0.3, -0.25) is 0 Å². The molecule has 2 rings (SSSR count). The van der Waals surface area contributed by atoms with Crippen LogP contribution in [0.2, 0.25) is 0 Å². The second kappa shape index (κ2) is 7.92. The third kappa shape index (κ3) is 3.91. The monoisotopic (exact) mass is 341 g/mol. The molecule has 0 heterocycles. The Hall–Kier alpha value is -2.41. The molecule has 7 heteroatoms. The average molecular weight is 341 g/mol. The molecule has 0 radical (unpaired) electrons. The van der Waals surface area contributed by atoms with Crippen molar-refractivity contribution in [3.8, 4) is 17.2 Å². The fraction of sp³-hybridized carbons (Fsp3) is 0.294. The molecule has 0 unspecified atom stereocenters. The number of hydrogen-bond acceptors (Lipinski definition) is 4. The first-order chi connectivity index (χ1) is 11.5. The first-order valence-electron chi connectivity index (χ1n) is 7.13. The van der Waals surface area contributed by atoms with E-state index >= 15 is 0 Å². The van der Waals surface area contributed by atoms with Gasteiger partial charge in [-0.1, -0.05) is 0 Å². The number of hydrogen-bond donors (Lipinski definition) is 1. The summed E-state index contributed by atoms with van der Waals surface area (Å²) in [6.45, 7) is 0.558. The number of methoxy groups -OCH3 is 3. The molecule has 0 aliphatic heterocycles. The van der Waals surface area contributed by atoms with Crippen molar-refractivity contribution < 1.29 is 27.4 Å². The average Bonchev–Trinajstić information content (AvgIpc) is 2.58. The summed E-state index contributed by atoms with van der Waals surface area (Å²) in [4.78, 5) is 0. The molecule has 2 aromatic rings. The molecule has 0 aliphatic rings. The highest BCUT2D eigenvalue weighted by atomic mass is 19.2. The maximum Gasteiger partial charge on any atom is 0.203 e. The molecule has 4 nitrogen and oxygen atoms in total. The number of halogens is 3. The summed E-state index contributed by atoms with van der Waals surface area (Å²) < 4.78 is 55.0. The van der Waals surface area contributed by atoms with Gasteiger partial charge in [-0.25, -0.2) is 13.2 Å². The van der Waals surface area contributed by atoms with Gasteiger partial charge in [0.15, 0.2) is 29.0 Å². The van der Waals surface area contributed by atoms with Crippen LogP contribution in [0.25, 0.3) is 0 Å². The second-order valence-electron chi connectivity index (χ2n) is 5.01. The summed E-state index contributed by atoms with van der Waals surface area (Å²) in [7, 11) is 4.53. The second-order valence-corrected chi connectivity index (χ2v) is 5.01. The number of nitrogens with one attached hydrogen (secondary N) is 1. The van der Waals surface area contributed by atoms with Gasteiger partial charge < -0.3 is 19.5 Å². The van der Waals surface area contributed by atoms with Crippen LogP contribution in [0.5, 0.6) is 17.2 Å². The van der Waals surface area contributed by atoms with Crippen LogP contribution in [0.4, 0.5) is 13.2 Å². The maximum absolute atomic E-state index is 13.2. The van der Waals surface area contributed by atoms with E-state index in [2.05, 4.69) is 5.32 Å². The number of benzene rings is 2. The van der Waals surface area contributed by atoms with E-state index in [9.17, 15) is 13.2 Å². The van der Waals surface area contributed by atoms with Crippen LogP contribution < -0.4 is 19.5 Å². The van der Waals surface area contributed by atoms with E-state index in [1.54, 1.807) is 12.1 Å². The molecule has 0 bridgehead atoms. The Bertz CT molecular complexity index is 674. The molecule has 0 atom stereocenters. The minimum Gasteiger partial charge on any atom is -0.493 e. The van der Waals surface area contributed by atoms with Gasteiger partial charge in [-0.15, -0.1) is 0 Å². The zero-order chi connectivity index (χ0) is 17.7. The van der Waals surface area contributed by atoms with Crippen molar-refractivity contribution >= 4 is 0 Å². The first kappa shape index (κ1) is 17.9. The van der Waals surface area contributed by atoms with Crippen LogP contribution in [0.15, 0.2) is 24.3 Å². The van der Waals surface area contributed by atoms with E-state index in [0.29, 0.717) is 29.4 Å². The van der Waals surface area contributed by atoms with Crippen LogP contribution in [-0.2, 0) is 13.1 Å². The van der Waals surface area contributed by atoms with Crippen LogP contribution >= 0.6 is 0 Å². The van der Waals surface area contributed by atoms with Gasteiger partial charge in [0.25, 0.3) is 0 Å². The molecule has 0 saturated carbocycles. The third-order valence-corrected chi connectivity index (χ3v) is 3.43. The van der Waals surface area contributed by atoms with Crippen molar-refractivity contribution in [2.75, 3.05) is 21.3 Å². The molecule has 0 fully saturated rings. The molecule has 0 saturated heterocycles. The lowest BCUT2D eigenvalue weighted by molar-refractivity contribution is 0.323. The van der Waals surface area contributed by atoms with Gasteiger partial charge in [0.1, 0.15) is 0 Å². The lowest BCUT2D eigenvalue weighted by Crippen LogP contribution is -2.13. The van der Waals surface area contributed by atoms with Gasteiger partial charge >= 0.3 is 0 Å². The highest BCUT2D eigenvalue weighted by Gasteiger charge is 2.13. The maximum atomic E-state index is 13.2. The van der Waals surface area contributed by atoms with Gasteiger partial charge in [0.05, 0.1) is 21.3 Å². The summed E-state index contributed by atoms with van der Waals surface area (Å²) in [5, 5.41) is 3.02. The van der Waals surface area contributed by atoms with Crippen molar-refractivity contribution in [2.24, 2.45) is 0 Å². The summed E-state index contributed by atoms with van der Waals surface area (Å²) in [5.74, 6) is -2.39. The molecule has 0 aromatic heterocycles. The quantitative estimate of drug-likeness (QED) is 0.784. The Kier molecular flexibility index (Phi) is 5.92. The normalized spacial score (nSPS) is 10.6. The van der Waals surface area contributed by atoms with E-state index in [4.69, 9.17) is 14.2 Å². The topological polar surface area (TPSA) is 39.7 Å². The predicted molar refractivity (Wildman–Crippen MR) is 83.0 cm³/mol. The largest absolute Gasteiger partial charge is 0.493 e. The van der Waals surface area contributed by atoms with Crippen molar-refractivity contribution in [1.29, 1.82) is 0 Å². The Morgan fingerprint density at radius 1 is 0.750 bits per heavy atom. The van der Waals surface area contributed by atoms with Gasteiger partial charge in [0.2, 0.25) is 5.75 Å². The first-order valence-corrected chi connectivity index (χ1v) is 7.13. The van der Waals surface area contributed by atoms with E-state index in [1.807, 2.05) is 0 Å². The van der Waals surface area contributed by atoms with E-state index in [-0.39, 0.29) is 6.54 Å². The zero-order valence-corrected chi connectivity index (χ0v) is 13.6. The van der Waals surface area contributed by atoms with Crippen molar-refractivity contribution in [1.82, 2.24) is 5.32 Å². The van der Waals surface area contributed by atoms with E-state index < -0.39 is 17.5 Å². The number of ether oxygens (including phenoxy) is 3. The summed E-state index contributed by atoms with van der Waals surface area (Å²) >= 11 is 0. The Morgan fingerprint density at radius 2 is 1.21 bits per heavy atom. The van der Waals surface area contributed by atoms with Crippen molar-refractivity contribution in [2.45, 2.75) is 13.1 Å². The Balaban J connectivity index is 2.09. The lowest BCUT2D eigenvalue weighted by Gasteiger charge is -2.14. The van der Waals surface area contributed by atoms with Gasteiger partial charge in [-0.2, -0.15) is 0 Å². The van der Waals surface area contributed by atoms with Crippen LogP contribution in [-0.4, -0.2) is 21.3 Å². The fourth-order valence-electron chi connectivity index (χ4n) is 2.30. The SMILES string of the molecule is COc1cc(CNCc2cc(F)c(F)c(F)c2)cc(OC)c1OC.